The number of nitrogens with zero attached hydrogens (tertiary/aromatic N) is 2. The van der Waals surface area contributed by atoms with Crippen LogP contribution in [0.4, 0.5) is 4.39 Å². The summed E-state index contributed by atoms with van der Waals surface area (Å²) in [4.78, 5) is 12.8. The van der Waals surface area contributed by atoms with Crippen LogP contribution in [0.2, 0.25) is 0 Å². The molecule has 2 aromatic carbocycles. The Morgan fingerprint density at radius 2 is 2.03 bits per heavy atom. The van der Waals surface area contributed by atoms with E-state index >= 15 is 0 Å². The van der Waals surface area contributed by atoms with Crippen molar-refractivity contribution in [3.63, 3.8) is 0 Å². The number of rotatable bonds is 7. The van der Waals surface area contributed by atoms with Gasteiger partial charge in [0.25, 0.3) is 5.91 Å². The van der Waals surface area contributed by atoms with Crippen molar-refractivity contribution < 1.29 is 22.8 Å². The first-order chi connectivity index (χ1) is 14.1. The number of hydroxylamine groups is 1. The Labute approximate surface area is 178 Å². The van der Waals surface area contributed by atoms with Crippen LogP contribution in [0.1, 0.15) is 13.3 Å². The molecule has 10 heteroatoms. The first-order valence-electron chi connectivity index (χ1n) is 9.04. The van der Waals surface area contributed by atoms with Gasteiger partial charge in [0.1, 0.15) is 5.82 Å². The fourth-order valence-corrected chi connectivity index (χ4v) is 4.46. The van der Waals surface area contributed by atoms with E-state index in [-0.39, 0.29) is 18.8 Å². The molecule has 0 unspecified atom stereocenters. The molecule has 0 saturated heterocycles. The lowest BCUT2D eigenvalue weighted by Crippen LogP contribution is -2.49. The molecule has 0 fully saturated rings. The molecule has 1 amide bonds. The normalized spacial score (nSPS) is 13.9. The molecule has 1 aromatic heterocycles. The number of amides is 1. The summed E-state index contributed by atoms with van der Waals surface area (Å²) in [6, 6.07) is 10.4. The molecule has 0 radical (unpaired) electrons. The standard InChI is InChI=1S/C20H22FN3O4S2/c1-20(19(25)23-26,30(3,27)28)8-9-24-18-7-4-13(10-14(18)12-22-24)16-6-5-15(29-2)11-17(16)21/h4-7,10-12,26H,8-9H2,1-3H3,(H,23,25)/t20-/m1/s1. The zero-order valence-corrected chi connectivity index (χ0v) is 18.3. The monoisotopic (exact) mass is 451 g/mol. The van der Waals surface area contributed by atoms with Gasteiger partial charge in [0.2, 0.25) is 0 Å². The van der Waals surface area contributed by atoms with E-state index in [4.69, 9.17) is 5.21 Å². The van der Waals surface area contributed by atoms with E-state index < -0.39 is 20.5 Å². The van der Waals surface area contributed by atoms with Gasteiger partial charge in [-0.25, -0.2) is 18.3 Å². The fraction of sp³-hybridized carbons (Fsp3) is 0.300. The van der Waals surface area contributed by atoms with Gasteiger partial charge in [0, 0.05) is 28.6 Å². The predicted octanol–water partition coefficient (Wildman–Crippen LogP) is 3.26. The fourth-order valence-electron chi connectivity index (χ4n) is 3.19. The molecule has 0 aliphatic rings. The summed E-state index contributed by atoms with van der Waals surface area (Å²) in [7, 11) is -3.79. The number of nitrogens with one attached hydrogen (secondary N) is 1. The number of aryl methyl sites for hydroxylation is 1. The molecule has 0 bridgehead atoms. The van der Waals surface area contributed by atoms with Crippen LogP contribution in [0, 0.1) is 5.82 Å². The van der Waals surface area contributed by atoms with E-state index in [1.807, 2.05) is 18.4 Å². The largest absolute Gasteiger partial charge is 0.289 e. The highest BCUT2D eigenvalue weighted by atomic mass is 32.2. The molecular weight excluding hydrogens is 429 g/mol. The molecule has 0 spiro atoms. The van der Waals surface area contributed by atoms with Gasteiger partial charge in [-0.3, -0.25) is 14.7 Å². The second kappa shape index (κ2) is 8.37. The van der Waals surface area contributed by atoms with Gasteiger partial charge in [-0.15, -0.1) is 11.8 Å². The smallest absolute Gasteiger partial charge is 0.264 e. The minimum atomic E-state index is -3.79. The van der Waals surface area contributed by atoms with Crippen LogP contribution in [0.3, 0.4) is 0 Å². The molecule has 160 valence electrons. The zero-order valence-electron chi connectivity index (χ0n) is 16.7. The van der Waals surface area contributed by atoms with Crippen molar-refractivity contribution in [2.45, 2.75) is 29.5 Å². The average Bonchev–Trinajstić information content (AvgIpc) is 3.12. The second-order valence-electron chi connectivity index (χ2n) is 7.18. The van der Waals surface area contributed by atoms with Gasteiger partial charge < -0.3 is 0 Å². The van der Waals surface area contributed by atoms with Crippen LogP contribution in [-0.2, 0) is 21.2 Å². The van der Waals surface area contributed by atoms with E-state index in [0.29, 0.717) is 11.1 Å². The summed E-state index contributed by atoms with van der Waals surface area (Å²) in [5.74, 6) is -1.31. The van der Waals surface area contributed by atoms with Crippen molar-refractivity contribution in [3.05, 3.63) is 48.4 Å². The van der Waals surface area contributed by atoms with E-state index in [1.165, 1.54) is 30.2 Å². The lowest BCUT2D eigenvalue weighted by molar-refractivity contribution is -0.131. The summed E-state index contributed by atoms with van der Waals surface area (Å²) < 4.78 is 38.5. The third-order valence-corrected chi connectivity index (χ3v) is 8.08. The van der Waals surface area contributed by atoms with Crippen LogP contribution in [0.5, 0.6) is 0 Å². The molecule has 0 aliphatic heterocycles. The summed E-state index contributed by atoms with van der Waals surface area (Å²) in [5, 5.41) is 14.0. The molecule has 0 aliphatic carbocycles. The van der Waals surface area contributed by atoms with Gasteiger partial charge in [0.05, 0.1) is 11.7 Å². The summed E-state index contributed by atoms with van der Waals surface area (Å²) in [5.41, 5.74) is 3.34. The van der Waals surface area contributed by atoms with E-state index in [0.717, 1.165) is 22.1 Å². The SMILES string of the molecule is CSc1ccc(-c2ccc3c(cnn3CC[C@](C)(C(=O)NO)S(C)(=O)=O)c2)c(F)c1. The van der Waals surface area contributed by atoms with Crippen LogP contribution in [0.25, 0.3) is 22.0 Å². The van der Waals surface area contributed by atoms with Crippen LogP contribution >= 0.6 is 11.8 Å². The number of aromatic nitrogens is 2. The topological polar surface area (TPSA) is 101 Å². The molecular formula is C20H22FN3O4S2. The number of fused-ring (bicyclic) bond motifs is 1. The predicted molar refractivity (Wildman–Crippen MR) is 115 cm³/mol. The molecule has 30 heavy (non-hydrogen) atoms. The Morgan fingerprint density at radius 1 is 1.30 bits per heavy atom. The average molecular weight is 452 g/mol. The lowest BCUT2D eigenvalue weighted by atomic mass is 10.0. The van der Waals surface area contributed by atoms with Gasteiger partial charge >= 0.3 is 0 Å². The van der Waals surface area contributed by atoms with Crippen LogP contribution in [0.15, 0.2) is 47.5 Å². The van der Waals surface area contributed by atoms with Gasteiger partial charge in [-0.2, -0.15) is 5.10 Å². The summed E-state index contributed by atoms with van der Waals surface area (Å²) in [6.07, 6.45) is 4.36. The molecule has 2 N–H and O–H groups in total. The number of carbonyl (C=O) groups excluding carboxylic acids is 1. The van der Waals surface area contributed by atoms with Crippen molar-refractivity contribution in [1.29, 1.82) is 0 Å². The zero-order chi connectivity index (χ0) is 22.1. The van der Waals surface area contributed by atoms with E-state index in [2.05, 4.69) is 5.10 Å². The number of hydrogen-bond acceptors (Lipinski definition) is 6. The Morgan fingerprint density at radius 3 is 2.63 bits per heavy atom. The Bertz CT molecular complexity index is 1210. The second-order valence-corrected chi connectivity index (χ2v) is 10.5. The first-order valence-corrected chi connectivity index (χ1v) is 12.2. The minimum Gasteiger partial charge on any atom is -0.289 e. The highest BCUT2D eigenvalue weighted by Gasteiger charge is 2.43. The number of halogens is 1. The number of carbonyl (C=O) groups is 1. The summed E-state index contributed by atoms with van der Waals surface area (Å²) >= 11 is 1.47. The quantitative estimate of drug-likeness (QED) is 0.325. The van der Waals surface area contributed by atoms with Crippen molar-refractivity contribution in [2.24, 2.45) is 0 Å². The molecule has 1 heterocycles. The van der Waals surface area contributed by atoms with Crippen LogP contribution in [-0.4, -0.2) is 46.6 Å². The number of sulfone groups is 1. The van der Waals surface area contributed by atoms with Gasteiger partial charge in [0.15, 0.2) is 14.6 Å². The van der Waals surface area contributed by atoms with Crippen molar-refractivity contribution in [2.75, 3.05) is 12.5 Å². The molecule has 1 atom stereocenters. The minimum absolute atomic E-state index is 0.0818. The molecule has 7 nitrogen and oxygen atoms in total. The Kier molecular flexibility index (Phi) is 6.21. The van der Waals surface area contributed by atoms with Gasteiger partial charge in [-0.05, 0) is 49.4 Å². The Hall–Kier alpha value is -2.43. The first kappa shape index (κ1) is 22.3. The maximum atomic E-state index is 14.5. The third-order valence-electron chi connectivity index (χ3n) is 5.33. The number of benzene rings is 2. The highest BCUT2D eigenvalue weighted by molar-refractivity contribution is 7.98. The number of thioether (sulfide) groups is 1. The van der Waals surface area contributed by atoms with Crippen molar-refractivity contribution in [3.8, 4) is 11.1 Å². The van der Waals surface area contributed by atoms with E-state index in [1.54, 1.807) is 29.1 Å². The third kappa shape index (κ3) is 4.07. The van der Waals surface area contributed by atoms with E-state index in [9.17, 15) is 17.6 Å². The lowest BCUT2D eigenvalue weighted by Gasteiger charge is -2.25. The summed E-state index contributed by atoms with van der Waals surface area (Å²) in [6.45, 7) is 1.40. The van der Waals surface area contributed by atoms with Crippen LogP contribution < -0.4 is 5.48 Å². The molecule has 0 saturated carbocycles. The molecule has 3 rings (SSSR count). The Balaban J connectivity index is 1.90. The number of hydrogen-bond donors (Lipinski definition) is 2. The van der Waals surface area contributed by atoms with Crippen molar-refractivity contribution >= 4 is 38.4 Å². The highest BCUT2D eigenvalue weighted by Crippen LogP contribution is 2.30. The maximum Gasteiger partial charge on any atom is 0.264 e. The van der Waals surface area contributed by atoms with Gasteiger partial charge in [-0.1, -0.05) is 12.1 Å². The molecule has 3 aromatic rings. The van der Waals surface area contributed by atoms with Crippen molar-refractivity contribution in [1.82, 2.24) is 15.3 Å². The maximum absolute atomic E-state index is 14.5.